The van der Waals surface area contributed by atoms with Gasteiger partial charge in [-0.2, -0.15) is 0 Å². The topological polar surface area (TPSA) is 22.0 Å². The zero-order valence-corrected chi connectivity index (χ0v) is 18.1. The summed E-state index contributed by atoms with van der Waals surface area (Å²) in [5, 5.41) is 0. The summed E-state index contributed by atoms with van der Waals surface area (Å²) in [5.41, 5.74) is 7.27. The van der Waals surface area contributed by atoms with Crippen LogP contribution >= 0.6 is 0 Å². The summed E-state index contributed by atoms with van der Waals surface area (Å²) < 4.78 is 2.19. The van der Waals surface area contributed by atoms with Crippen LogP contribution in [0, 0.1) is 0 Å². The van der Waals surface area contributed by atoms with E-state index in [0.717, 1.165) is 28.1 Å². The molecule has 33 heavy (non-hydrogen) atoms. The largest absolute Gasteiger partial charge is 0.316 e. The molecular weight excluding hydrogens is 402 g/mol. The van der Waals surface area contributed by atoms with E-state index in [1.807, 2.05) is 72.8 Å². The van der Waals surface area contributed by atoms with Crippen LogP contribution in [0.15, 0.2) is 134 Å². The Balaban J connectivity index is 1.48. The molecule has 1 heterocycles. The molecule has 5 aromatic rings. The Morgan fingerprint density at radius 1 is 0.606 bits per heavy atom. The molecule has 0 unspecified atom stereocenters. The lowest BCUT2D eigenvalue weighted by Gasteiger charge is -2.10. The highest BCUT2D eigenvalue weighted by Crippen LogP contribution is 2.31. The lowest BCUT2D eigenvalue weighted by atomic mass is 10.1. The van der Waals surface area contributed by atoms with Crippen LogP contribution in [0.2, 0.25) is 0 Å². The first kappa shape index (κ1) is 20.5. The zero-order chi connectivity index (χ0) is 22.5. The van der Waals surface area contributed by atoms with E-state index in [1.165, 1.54) is 5.56 Å². The minimum Gasteiger partial charge on any atom is -0.316 e. The average Bonchev–Trinajstić information content (AvgIpc) is 3.35. The average molecular weight is 426 g/mol. The van der Waals surface area contributed by atoms with Crippen LogP contribution in [0.5, 0.6) is 0 Å². The van der Waals surface area contributed by atoms with Gasteiger partial charge in [-0.05, 0) is 53.1 Å². The maximum Gasteiger partial charge on any atom is 0.185 e. The molecule has 0 saturated carbocycles. The van der Waals surface area contributed by atoms with Gasteiger partial charge in [0.1, 0.15) is 0 Å². The van der Waals surface area contributed by atoms with E-state index in [9.17, 15) is 4.79 Å². The molecule has 2 nitrogen and oxygen atoms in total. The van der Waals surface area contributed by atoms with Crippen LogP contribution in [0.1, 0.15) is 15.9 Å². The number of carbonyl (C=O) groups excluding carboxylic acids is 1. The molecule has 0 radical (unpaired) electrons. The predicted octanol–water partition coefficient (Wildman–Crippen LogP) is 7.71. The highest BCUT2D eigenvalue weighted by atomic mass is 16.1. The van der Waals surface area contributed by atoms with Crippen LogP contribution in [0.4, 0.5) is 0 Å². The minimum absolute atomic E-state index is 0.00818. The highest BCUT2D eigenvalue weighted by molar-refractivity contribution is 6.06. The molecule has 0 amide bonds. The van der Waals surface area contributed by atoms with Gasteiger partial charge in [0.05, 0.1) is 5.69 Å². The first-order valence-corrected chi connectivity index (χ1v) is 11.0. The van der Waals surface area contributed by atoms with E-state index >= 15 is 0 Å². The standard InChI is InChI=1S/C31H23NO/c33-31(21-16-24-10-4-1-5-11-24)27-17-19-29(20-18-27)32-23-28(25-12-6-2-7-13-25)22-30(32)26-14-8-3-9-15-26/h1-23H. The minimum atomic E-state index is -0.00818. The van der Waals surface area contributed by atoms with Gasteiger partial charge in [0.15, 0.2) is 5.78 Å². The van der Waals surface area contributed by atoms with Crippen LogP contribution in [-0.2, 0) is 0 Å². The van der Waals surface area contributed by atoms with Crippen molar-refractivity contribution >= 4 is 11.9 Å². The second-order valence-electron chi connectivity index (χ2n) is 7.87. The second kappa shape index (κ2) is 9.37. The number of nitrogens with zero attached hydrogens (tertiary/aromatic N) is 1. The number of carbonyl (C=O) groups is 1. The summed E-state index contributed by atoms with van der Waals surface area (Å²) in [6, 6.07) is 40.6. The summed E-state index contributed by atoms with van der Waals surface area (Å²) in [5.74, 6) is -0.00818. The van der Waals surface area contributed by atoms with Gasteiger partial charge in [-0.15, -0.1) is 0 Å². The molecule has 2 heteroatoms. The maximum atomic E-state index is 12.6. The maximum absolute atomic E-state index is 12.6. The molecule has 0 fully saturated rings. The van der Waals surface area contributed by atoms with Crippen molar-refractivity contribution in [2.45, 2.75) is 0 Å². The SMILES string of the molecule is O=C(C=Cc1ccccc1)c1ccc(-n2cc(-c3ccccc3)cc2-c2ccccc2)cc1. The van der Waals surface area contributed by atoms with Crippen LogP contribution in [-0.4, -0.2) is 10.4 Å². The predicted molar refractivity (Wildman–Crippen MR) is 136 cm³/mol. The van der Waals surface area contributed by atoms with Crippen molar-refractivity contribution in [3.63, 3.8) is 0 Å². The third kappa shape index (κ3) is 4.60. The normalized spacial score (nSPS) is 11.0. The fourth-order valence-electron chi connectivity index (χ4n) is 3.91. The Kier molecular flexibility index (Phi) is 5.81. The van der Waals surface area contributed by atoms with E-state index in [1.54, 1.807) is 6.08 Å². The number of hydrogen-bond donors (Lipinski definition) is 0. The summed E-state index contributed by atoms with van der Waals surface area (Å²) >= 11 is 0. The Morgan fingerprint density at radius 2 is 1.18 bits per heavy atom. The van der Waals surface area contributed by atoms with Crippen molar-refractivity contribution < 1.29 is 4.79 Å². The fourth-order valence-corrected chi connectivity index (χ4v) is 3.91. The lowest BCUT2D eigenvalue weighted by molar-refractivity contribution is 0.104. The molecular formula is C31H23NO. The quantitative estimate of drug-likeness (QED) is 0.202. The first-order chi connectivity index (χ1) is 16.3. The van der Waals surface area contributed by atoms with Gasteiger partial charge in [-0.25, -0.2) is 0 Å². The van der Waals surface area contributed by atoms with Crippen molar-refractivity contribution in [3.8, 4) is 28.1 Å². The highest BCUT2D eigenvalue weighted by Gasteiger charge is 2.12. The summed E-state index contributed by atoms with van der Waals surface area (Å²) in [7, 11) is 0. The molecule has 0 N–H and O–H groups in total. The van der Waals surface area contributed by atoms with Gasteiger partial charge in [-0.3, -0.25) is 4.79 Å². The summed E-state index contributed by atoms with van der Waals surface area (Å²) in [6.07, 6.45) is 5.63. The second-order valence-corrected chi connectivity index (χ2v) is 7.87. The van der Waals surface area contributed by atoms with E-state index in [0.29, 0.717) is 5.56 Å². The van der Waals surface area contributed by atoms with Gasteiger partial charge in [0, 0.05) is 23.0 Å². The lowest BCUT2D eigenvalue weighted by Crippen LogP contribution is -1.98. The third-order valence-corrected chi connectivity index (χ3v) is 5.65. The van der Waals surface area contributed by atoms with Crippen LogP contribution in [0.3, 0.4) is 0 Å². The number of rotatable bonds is 6. The Labute approximate surface area is 194 Å². The number of allylic oxidation sites excluding steroid dienone is 1. The van der Waals surface area contributed by atoms with Gasteiger partial charge in [0.2, 0.25) is 0 Å². The fraction of sp³-hybridized carbons (Fsp3) is 0. The monoisotopic (exact) mass is 425 g/mol. The molecule has 158 valence electrons. The Hall–Kier alpha value is -4.43. The molecule has 0 aliphatic carbocycles. The Bertz CT molecular complexity index is 1380. The van der Waals surface area contributed by atoms with Gasteiger partial charge < -0.3 is 4.57 Å². The Morgan fingerprint density at radius 3 is 1.82 bits per heavy atom. The molecule has 0 spiro atoms. The van der Waals surface area contributed by atoms with E-state index in [4.69, 9.17) is 0 Å². The van der Waals surface area contributed by atoms with E-state index in [-0.39, 0.29) is 5.78 Å². The van der Waals surface area contributed by atoms with Crippen molar-refractivity contribution in [1.29, 1.82) is 0 Å². The van der Waals surface area contributed by atoms with Crippen molar-refractivity contribution in [2.75, 3.05) is 0 Å². The van der Waals surface area contributed by atoms with Gasteiger partial charge in [-0.1, -0.05) is 97.1 Å². The number of aromatic nitrogens is 1. The molecule has 1 aromatic heterocycles. The molecule has 0 bridgehead atoms. The number of ketones is 1. The van der Waals surface area contributed by atoms with Crippen molar-refractivity contribution in [1.82, 2.24) is 4.57 Å². The smallest absolute Gasteiger partial charge is 0.185 e. The first-order valence-electron chi connectivity index (χ1n) is 11.0. The van der Waals surface area contributed by atoms with Crippen molar-refractivity contribution in [3.05, 3.63) is 145 Å². The van der Waals surface area contributed by atoms with Crippen LogP contribution < -0.4 is 0 Å². The van der Waals surface area contributed by atoms with Gasteiger partial charge >= 0.3 is 0 Å². The van der Waals surface area contributed by atoms with Crippen LogP contribution in [0.25, 0.3) is 34.1 Å². The van der Waals surface area contributed by atoms with Crippen molar-refractivity contribution in [2.24, 2.45) is 0 Å². The molecule has 0 atom stereocenters. The van der Waals surface area contributed by atoms with E-state index in [2.05, 4.69) is 65.4 Å². The third-order valence-electron chi connectivity index (χ3n) is 5.65. The number of benzene rings is 4. The molecule has 0 saturated heterocycles. The molecule has 5 rings (SSSR count). The van der Waals surface area contributed by atoms with Gasteiger partial charge in [0.25, 0.3) is 0 Å². The summed E-state index contributed by atoms with van der Waals surface area (Å²) in [4.78, 5) is 12.6. The molecule has 0 aliphatic rings. The zero-order valence-electron chi connectivity index (χ0n) is 18.1. The molecule has 4 aromatic carbocycles. The number of hydrogen-bond acceptors (Lipinski definition) is 1. The molecule has 0 aliphatic heterocycles. The summed E-state index contributed by atoms with van der Waals surface area (Å²) in [6.45, 7) is 0. The van der Waals surface area contributed by atoms with E-state index < -0.39 is 0 Å².